The fourth-order valence-electron chi connectivity index (χ4n) is 3.61. The molecule has 3 rings (SSSR count). The summed E-state index contributed by atoms with van der Waals surface area (Å²) in [5, 5.41) is 8.37. The molecular weight excluding hydrogens is 394 g/mol. The number of anilines is 1. The van der Waals surface area contributed by atoms with Crippen LogP contribution in [-0.4, -0.2) is 36.1 Å². The van der Waals surface area contributed by atoms with Gasteiger partial charge in [-0.15, -0.1) is 0 Å². The van der Waals surface area contributed by atoms with E-state index in [-0.39, 0.29) is 35.1 Å². The molecule has 0 unspecified atom stereocenters. The fourth-order valence-corrected chi connectivity index (χ4v) is 3.61. The van der Waals surface area contributed by atoms with Crippen LogP contribution in [0, 0.1) is 11.6 Å². The van der Waals surface area contributed by atoms with E-state index >= 15 is 0 Å². The van der Waals surface area contributed by atoms with Crippen molar-refractivity contribution < 1.29 is 23.1 Å². The average molecular weight is 418 g/mol. The molecule has 3 N–H and O–H groups in total. The Morgan fingerprint density at radius 1 is 1.03 bits per heavy atom. The van der Waals surface area contributed by atoms with Crippen molar-refractivity contribution in [2.24, 2.45) is 0 Å². The normalized spacial score (nSPS) is 18.4. The number of rotatable bonds is 5. The minimum Gasteiger partial charge on any atom is -0.496 e. The van der Waals surface area contributed by atoms with Gasteiger partial charge in [-0.1, -0.05) is 0 Å². The molecule has 1 saturated carbocycles. The zero-order valence-electron chi connectivity index (χ0n) is 16.8. The average Bonchev–Trinajstić information content (AvgIpc) is 2.70. The summed E-state index contributed by atoms with van der Waals surface area (Å²) >= 11 is 0. The van der Waals surface area contributed by atoms with Crippen molar-refractivity contribution in [1.29, 1.82) is 0 Å². The molecule has 9 heteroatoms. The van der Waals surface area contributed by atoms with Crippen LogP contribution in [0.5, 0.6) is 5.75 Å². The SMILES string of the molecule is COc1cc(F)ccc1-c1cc(NC(=O)NC2CCC(NC(C)=O)CC2)ncc1F. The first-order valence-corrected chi connectivity index (χ1v) is 9.69. The Kier molecular flexibility index (Phi) is 6.81. The summed E-state index contributed by atoms with van der Waals surface area (Å²) in [4.78, 5) is 27.4. The maximum atomic E-state index is 14.3. The number of urea groups is 1. The van der Waals surface area contributed by atoms with Crippen LogP contribution in [0.25, 0.3) is 11.1 Å². The third-order valence-electron chi connectivity index (χ3n) is 5.02. The first-order valence-electron chi connectivity index (χ1n) is 9.69. The monoisotopic (exact) mass is 418 g/mol. The van der Waals surface area contributed by atoms with Crippen molar-refractivity contribution in [3.63, 3.8) is 0 Å². The Hall–Kier alpha value is -3.23. The second-order valence-electron chi connectivity index (χ2n) is 7.24. The van der Waals surface area contributed by atoms with Crippen LogP contribution in [0.3, 0.4) is 0 Å². The van der Waals surface area contributed by atoms with Crippen molar-refractivity contribution in [3.05, 3.63) is 42.1 Å². The molecule has 3 amide bonds. The highest BCUT2D eigenvalue weighted by Gasteiger charge is 2.23. The van der Waals surface area contributed by atoms with Gasteiger partial charge in [0.1, 0.15) is 23.2 Å². The number of hydrogen-bond acceptors (Lipinski definition) is 4. The topological polar surface area (TPSA) is 92.4 Å². The number of halogens is 2. The Labute approximate surface area is 173 Å². The lowest BCUT2D eigenvalue weighted by molar-refractivity contribution is -0.119. The van der Waals surface area contributed by atoms with E-state index in [1.54, 1.807) is 0 Å². The Morgan fingerprint density at radius 3 is 2.33 bits per heavy atom. The van der Waals surface area contributed by atoms with Crippen LogP contribution in [0.4, 0.5) is 19.4 Å². The first-order chi connectivity index (χ1) is 14.4. The van der Waals surface area contributed by atoms with Crippen molar-refractivity contribution >= 4 is 17.8 Å². The number of amides is 3. The molecule has 160 valence electrons. The highest BCUT2D eigenvalue weighted by molar-refractivity contribution is 5.89. The molecule has 1 aliphatic rings. The highest BCUT2D eigenvalue weighted by atomic mass is 19.1. The molecule has 1 aliphatic carbocycles. The lowest BCUT2D eigenvalue weighted by Crippen LogP contribution is -2.44. The zero-order chi connectivity index (χ0) is 21.7. The summed E-state index contributed by atoms with van der Waals surface area (Å²) in [7, 11) is 1.37. The predicted octanol–water partition coefficient (Wildman–Crippen LogP) is 3.60. The van der Waals surface area contributed by atoms with Gasteiger partial charge in [0.25, 0.3) is 0 Å². The molecule has 1 aromatic heterocycles. The second kappa shape index (κ2) is 9.51. The zero-order valence-corrected chi connectivity index (χ0v) is 16.8. The van der Waals surface area contributed by atoms with E-state index < -0.39 is 17.7 Å². The summed E-state index contributed by atoms with van der Waals surface area (Å²) in [6, 6.07) is 4.81. The van der Waals surface area contributed by atoms with Gasteiger partial charge in [-0.2, -0.15) is 0 Å². The van der Waals surface area contributed by atoms with E-state index in [9.17, 15) is 18.4 Å². The number of nitrogens with zero attached hydrogens (tertiary/aromatic N) is 1. The molecule has 0 spiro atoms. The van der Waals surface area contributed by atoms with Crippen molar-refractivity contribution in [2.45, 2.75) is 44.7 Å². The lowest BCUT2D eigenvalue weighted by atomic mass is 9.91. The Balaban J connectivity index is 1.65. The molecule has 1 heterocycles. The molecule has 0 radical (unpaired) electrons. The van der Waals surface area contributed by atoms with Gasteiger partial charge in [0.2, 0.25) is 5.91 Å². The van der Waals surface area contributed by atoms with E-state index in [4.69, 9.17) is 4.74 Å². The highest BCUT2D eigenvalue weighted by Crippen LogP contribution is 2.33. The van der Waals surface area contributed by atoms with E-state index in [0.29, 0.717) is 5.56 Å². The number of carbonyl (C=O) groups excluding carboxylic acids is 2. The van der Waals surface area contributed by atoms with Gasteiger partial charge in [-0.25, -0.2) is 18.6 Å². The number of carbonyl (C=O) groups is 2. The van der Waals surface area contributed by atoms with Crippen LogP contribution < -0.4 is 20.7 Å². The van der Waals surface area contributed by atoms with Crippen molar-refractivity contribution in [2.75, 3.05) is 12.4 Å². The van der Waals surface area contributed by atoms with Gasteiger partial charge in [0.15, 0.2) is 0 Å². The minimum absolute atomic E-state index is 0.0212. The molecule has 0 saturated heterocycles. The van der Waals surface area contributed by atoms with Gasteiger partial charge >= 0.3 is 6.03 Å². The summed E-state index contributed by atoms with van der Waals surface area (Å²) in [5.41, 5.74) is 0.478. The van der Waals surface area contributed by atoms with Gasteiger partial charge in [-0.3, -0.25) is 10.1 Å². The number of methoxy groups -OCH3 is 1. The third kappa shape index (κ3) is 5.43. The maximum absolute atomic E-state index is 14.3. The third-order valence-corrected chi connectivity index (χ3v) is 5.02. The molecule has 0 aliphatic heterocycles. The molecule has 1 fully saturated rings. The summed E-state index contributed by atoms with van der Waals surface area (Å²) in [5.74, 6) is -0.855. The summed E-state index contributed by atoms with van der Waals surface area (Å²) in [6.07, 6.45) is 4.05. The van der Waals surface area contributed by atoms with Crippen LogP contribution in [-0.2, 0) is 4.79 Å². The van der Waals surface area contributed by atoms with Crippen LogP contribution in [0.1, 0.15) is 32.6 Å². The quantitative estimate of drug-likeness (QED) is 0.692. The standard InChI is InChI=1S/C21H24F2N4O3/c1-12(28)25-14-4-6-15(7-5-14)26-21(29)27-20-10-17(18(23)11-24-20)16-8-3-13(22)9-19(16)30-2/h3,8-11,14-15H,4-7H2,1-2H3,(H,25,28)(H2,24,26,27,29). The Bertz CT molecular complexity index is 930. The number of hydrogen-bond donors (Lipinski definition) is 3. The van der Waals surface area contributed by atoms with Gasteiger partial charge in [-0.05, 0) is 43.9 Å². The van der Waals surface area contributed by atoms with E-state index in [1.165, 1.54) is 32.2 Å². The van der Waals surface area contributed by atoms with E-state index in [0.717, 1.165) is 37.9 Å². The molecule has 2 aromatic rings. The number of aromatic nitrogens is 1. The Morgan fingerprint density at radius 2 is 1.70 bits per heavy atom. The predicted molar refractivity (Wildman–Crippen MR) is 108 cm³/mol. The molecule has 0 bridgehead atoms. The van der Waals surface area contributed by atoms with Gasteiger partial charge in [0, 0.05) is 36.2 Å². The molecule has 1 aromatic carbocycles. The van der Waals surface area contributed by atoms with Crippen LogP contribution >= 0.6 is 0 Å². The molecular formula is C21H24F2N4O3. The lowest BCUT2D eigenvalue weighted by Gasteiger charge is -2.29. The van der Waals surface area contributed by atoms with Gasteiger partial charge in [0.05, 0.1) is 13.3 Å². The van der Waals surface area contributed by atoms with Gasteiger partial charge < -0.3 is 15.4 Å². The van der Waals surface area contributed by atoms with E-state index in [2.05, 4.69) is 20.9 Å². The van der Waals surface area contributed by atoms with Crippen molar-refractivity contribution in [3.8, 4) is 16.9 Å². The van der Waals surface area contributed by atoms with Crippen molar-refractivity contribution in [1.82, 2.24) is 15.6 Å². The van der Waals surface area contributed by atoms with E-state index in [1.807, 2.05) is 0 Å². The number of ether oxygens (including phenoxy) is 1. The van der Waals surface area contributed by atoms with Crippen LogP contribution in [0.2, 0.25) is 0 Å². The maximum Gasteiger partial charge on any atom is 0.320 e. The fraction of sp³-hybridized carbons (Fsp3) is 0.381. The first kappa shape index (κ1) is 21.5. The second-order valence-corrected chi connectivity index (χ2v) is 7.24. The number of pyridine rings is 1. The largest absolute Gasteiger partial charge is 0.496 e. The van der Waals surface area contributed by atoms with Crippen LogP contribution in [0.15, 0.2) is 30.5 Å². The minimum atomic E-state index is -0.623. The molecule has 30 heavy (non-hydrogen) atoms. The number of nitrogens with one attached hydrogen (secondary N) is 3. The number of benzene rings is 1. The summed E-state index contributed by atoms with van der Waals surface area (Å²) < 4.78 is 32.9. The molecule has 0 atom stereocenters. The smallest absolute Gasteiger partial charge is 0.320 e. The molecule has 7 nitrogen and oxygen atoms in total. The summed E-state index contributed by atoms with van der Waals surface area (Å²) in [6.45, 7) is 1.49.